The highest BCUT2D eigenvalue weighted by Crippen LogP contribution is 1.98. The second kappa shape index (κ2) is 6.00. The number of likely N-dealkylation sites (N-methyl/N-ethyl adjacent to an activating group) is 1. The molecule has 0 bridgehead atoms. The fourth-order valence-electron chi connectivity index (χ4n) is 1.05. The molecular formula is C9H19NO2. The molecule has 0 aliphatic carbocycles. The minimum atomic E-state index is -0.309. The van der Waals surface area contributed by atoms with Crippen LogP contribution in [0, 0.1) is 0 Å². The first kappa shape index (κ1) is 11.4. The average Bonchev–Trinajstić information content (AvgIpc) is 2.11. The van der Waals surface area contributed by atoms with Gasteiger partial charge in [-0.1, -0.05) is 6.92 Å². The van der Waals surface area contributed by atoms with Gasteiger partial charge in [0.05, 0.1) is 0 Å². The molecule has 1 amide bonds. The lowest BCUT2D eigenvalue weighted by Crippen LogP contribution is -2.38. The predicted octanol–water partition coefficient (Wildman–Crippen LogP) is 1.28. The van der Waals surface area contributed by atoms with E-state index in [1.165, 1.54) is 0 Å². The maximum Gasteiger partial charge on any atom is 0.251 e. The summed E-state index contributed by atoms with van der Waals surface area (Å²) in [6.45, 7) is 7.41. The van der Waals surface area contributed by atoms with Crippen molar-refractivity contribution in [3.05, 3.63) is 0 Å². The fourth-order valence-corrected chi connectivity index (χ4v) is 1.05. The van der Waals surface area contributed by atoms with Crippen LogP contribution in [0.3, 0.4) is 0 Å². The molecule has 12 heavy (non-hydrogen) atoms. The Hall–Kier alpha value is -0.570. The summed E-state index contributed by atoms with van der Waals surface area (Å²) in [6, 6.07) is 0. The number of rotatable bonds is 5. The SMILES string of the molecule is CCCN(CC)C(=O)C(C)OC. The van der Waals surface area contributed by atoms with Gasteiger partial charge < -0.3 is 9.64 Å². The maximum absolute atomic E-state index is 11.5. The van der Waals surface area contributed by atoms with Crippen LogP contribution in [-0.2, 0) is 9.53 Å². The molecule has 0 aromatic rings. The molecule has 0 N–H and O–H groups in total. The van der Waals surface area contributed by atoms with Crippen LogP contribution in [0.1, 0.15) is 27.2 Å². The summed E-state index contributed by atoms with van der Waals surface area (Å²) >= 11 is 0. The van der Waals surface area contributed by atoms with Gasteiger partial charge in [0.2, 0.25) is 0 Å². The first-order valence-electron chi connectivity index (χ1n) is 4.48. The maximum atomic E-state index is 11.5. The molecule has 0 saturated carbocycles. The molecule has 0 aromatic heterocycles. The minimum absolute atomic E-state index is 0.0850. The van der Waals surface area contributed by atoms with Gasteiger partial charge >= 0.3 is 0 Å². The van der Waals surface area contributed by atoms with Crippen molar-refractivity contribution in [3.63, 3.8) is 0 Å². The van der Waals surface area contributed by atoms with E-state index in [-0.39, 0.29) is 12.0 Å². The van der Waals surface area contributed by atoms with Crippen LogP contribution in [0.15, 0.2) is 0 Å². The molecule has 3 nitrogen and oxygen atoms in total. The molecule has 72 valence electrons. The van der Waals surface area contributed by atoms with E-state index < -0.39 is 0 Å². The van der Waals surface area contributed by atoms with Gasteiger partial charge in [-0.05, 0) is 20.3 Å². The topological polar surface area (TPSA) is 29.5 Å². The van der Waals surface area contributed by atoms with E-state index in [1.54, 1.807) is 14.0 Å². The van der Waals surface area contributed by atoms with Crippen LogP contribution in [-0.4, -0.2) is 37.1 Å². The van der Waals surface area contributed by atoms with Crippen LogP contribution in [0.25, 0.3) is 0 Å². The summed E-state index contributed by atoms with van der Waals surface area (Å²) in [5, 5.41) is 0. The Balaban J connectivity index is 4.01. The Morgan fingerprint density at radius 3 is 2.42 bits per heavy atom. The average molecular weight is 173 g/mol. The third-order valence-corrected chi connectivity index (χ3v) is 1.89. The van der Waals surface area contributed by atoms with Gasteiger partial charge in [0.25, 0.3) is 5.91 Å². The molecular weight excluding hydrogens is 154 g/mol. The molecule has 1 atom stereocenters. The molecule has 0 saturated heterocycles. The van der Waals surface area contributed by atoms with Crippen molar-refractivity contribution in [1.29, 1.82) is 0 Å². The lowest BCUT2D eigenvalue weighted by Gasteiger charge is -2.22. The molecule has 0 heterocycles. The van der Waals surface area contributed by atoms with E-state index in [0.29, 0.717) is 0 Å². The zero-order valence-corrected chi connectivity index (χ0v) is 8.46. The highest BCUT2D eigenvalue weighted by atomic mass is 16.5. The fraction of sp³-hybridized carbons (Fsp3) is 0.889. The summed E-state index contributed by atoms with van der Waals surface area (Å²) < 4.78 is 4.95. The van der Waals surface area contributed by atoms with Gasteiger partial charge in [0.15, 0.2) is 0 Å². The van der Waals surface area contributed by atoms with Crippen LogP contribution >= 0.6 is 0 Å². The monoisotopic (exact) mass is 173 g/mol. The third-order valence-electron chi connectivity index (χ3n) is 1.89. The summed E-state index contributed by atoms with van der Waals surface area (Å²) in [5.41, 5.74) is 0. The van der Waals surface area contributed by atoms with Crippen molar-refractivity contribution >= 4 is 5.91 Å². The van der Waals surface area contributed by atoms with Crippen LogP contribution < -0.4 is 0 Å². The summed E-state index contributed by atoms with van der Waals surface area (Å²) in [4.78, 5) is 13.3. The van der Waals surface area contributed by atoms with Gasteiger partial charge in [-0.3, -0.25) is 4.79 Å². The van der Waals surface area contributed by atoms with E-state index in [1.807, 2.05) is 11.8 Å². The Bertz CT molecular complexity index is 136. The summed E-state index contributed by atoms with van der Waals surface area (Å²) in [7, 11) is 1.56. The summed E-state index contributed by atoms with van der Waals surface area (Å²) in [6.07, 6.45) is 0.687. The Morgan fingerprint density at radius 1 is 1.50 bits per heavy atom. The second-order valence-corrected chi connectivity index (χ2v) is 2.80. The van der Waals surface area contributed by atoms with Gasteiger partial charge in [0, 0.05) is 20.2 Å². The Morgan fingerprint density at radius 2 is 2.08 bits per heavy atom. The van der Waals surface area contributed by atoms with Gasteiger partial charge in [0.1, 0.15) is 6.10 Å². The minimum Gasteiger partial charge on any atom is -0.372 e. The Kier molecular flexibility index (Phi) is 5.72. The summed E-state index contributed by atoms with van der Waals surface area (Å²) in [5.74, 6) is 0.0850. The highest BCUT2D eigenvalue weighted by molar-refractivity contribution is 5.80. The van der Waals surface area contributed by atoms with E-state index in [0.717, 1.165) is 19.5 Å². The van der Waals surface area contributed by atoms with Crippen LogP contribution in [0.4, 0.5) is 0 Å². The van der Waals surface area contributed by atoms with Gasteiger partial charge in [-0.25, -0.2) is 0 Å². The molecule has 0 fully saturated rings. The number of ether oxygens (including phenoxy) is 1. The number of hydrogen-bond acceptors (Lipinski definition) is 2. The van der Waals surface area contributed by atoms with Crippen molar-refractivity contribution in [3.8, 4) is 0 Å². The second-order valence-electron chi connectivity index (χ2n) is 2.80. The first-order valence-corrected chi connectivity index (χ1v) is 4.48. The van der Waals surface area contributed by atoms with Crippen molar-refractivity contribution in [1.82, 2.24) is 4.90 Å². The number of carbonyl (C=O) groups excluding carboxylic acids is 1. The molecule has 0 aliphatic heterocycles. The van der Waals surface area contributed by atoms with E-state index in [2.05, 4.69) is 6.92 Å². The lowest BCUT2D eigenvalue weighted by molar-refractivity contribution is -0.140. The van der Waals surface area contributed by atoms with E-state index >= 15 is 0 Å². The molecule has 0 spiro atoms. The lowest BCUT2D eigenvalue weighted by atomic mass is 10.3. The zero-order valence-electron chi connectivity index (χ0n) is 8.46. The number of methoxy groups -OCH3 is 1. The van der Waals surface area contributed by atoms with Crippen molar-refractivity contribution in [2.75, 3.05) is 20.2 Å². The highest BCUT2D eigenvalue weighted by Gasteiger charge is 2.17. The number of carbonyl (C=O) groups is 1. The molecule has 0 rings (SSSR count). The molecule has 1 unspecified atom stereocenters. The van der Waals surface area contributed by atoms with Crippen molar-refractivity contribution in [2.24, 2.45) is 0 Å². The predicted molar refractivity (Wildman–Crippen MR) is 49.0 cm³/mol. The van der Waals surface area contributed by atoms with Crippen LogP contribution in [0.5, 0.6) is 0 Å². The smallest absolute Gasteiger partial charge is 0.251 e. The van der Waals surface area contributed by atoms with Crippen molar-refractivity contribution < 1.29 is 9.53 Å². The molecule has 3 heteroatoms. The normalized spacial score (nSPS) is 12.7. The zero-order chi connectivity index (χ0) is 9.56. The first-order chi connectivity index (χ1) is 5.67. The van der Waals surface area contributed by atoms with Gasteiger partial charge in [-0.15, -0.1) is 0 Å². The molecule has 0 aromatic carbocycles. The third kappa shape index (κ3) is 3.22. The van der Waals surface area contributed by atoms with E-state index in [9.17, 15) is 4.79 Å². The largest absolute Gasteiger partial charge is 0.372 e. The number of hydrogen-bond donors (Lipinski definition) is 0. The molecule has 0 radical (unpaired) electrons. The Labute approximate surface area is 74.7 Å². The standard InChI is InChI=1S/C9H19NO2/c1-5-7-10(6-2)9(11)8(3)12-4/h8H,5-7H2,1-4H3. The molecule has 0 aliphatic rings. The number of amides is 1. The van der Waals surface area contributed by atoms with Crippen LogP contribution in [0.2, 0.25) is 0 Å². The van der Waals surface area contributed by atoms with Gasteiger partial charge in [-0.2, -0.15) is 0 Å². The van der Waals surface area contributed by atoms with Crippen molar-refractivity contribution in [2.45, 2.75) is 33.3 Å². The number of nitrogens with zero attached hydrogens (tertiary/aromatic N) is 1. The van der Waals surface area contributed by atoms with E-state index in [4.69, 9.17) is 4.74 Å². The quantitative estimate of drug-likeness (QED) is 0.626.